The van der Waals surface area contributed by atoms with Crippen LogP contribution in [-0.4, -0.2) is 42.3 Å². The molecule has 2 aromatic heterocycles. The van der Waals surface area contributed by atoms with Crippen molar-refractivity contribution in [3.05, 3.63) is 53.2 Å². The van der Waals surface area contributed by atoms with Gasteiger partial charge in [-0.25, -0.2) is 0 Å². The molecule has 0 radical (unpaired) electrons. The minimum Gasteiger partial charge on any atom is -0.328 e. The SMILES string of the molecule is Cc1ccccc1-c1cc(C(=O)N2CCn3c(C)nnc3C2)[nH]n1. The van der Waals surface area contributed by atoms with Crippen LogP contribution in [0, 0.1) is 13.8 Å². The molecule has 1 aliphatic rings. The fraction of sp³-hybridized carbons (Fsp3) is 0.294. The zero-order valence-corrected chi connectivity index (χ0v) is 13.7. The van der Waals surface area contributed by atoms with Crippen molar-refractivity contribution in [1.82, 2.24) is 29.9 Å². The molecule has 0 saturated carbocycles. The van der Waals surface area contributed by atoms with Crippen molar-refractivity contribution < 1.29 is 4.79 Å². The Hall–Kier alpha value is -2.96. The second-order valence-corrected chi connectivity index (χ2v) is 6.02. The van der Waals surface area contributed by atoms with E-state index in [4.69, 9.17) is 0 Å². The van der Waals surface area contributed by atoms with Gasteiger partial charge in [-0.3, -0.25) is 9.89 Å². The van der Waals surface area contributed by atoms with Gasteiger partial charge >= 0.3 is 0 Å². The van der Waals surface area contributed by atoms with Gasteiger partial charge in [0.25, 0.3) is 5.91 Å². The number of aromatic amines is 1. The van der Waals surface area contributed by atoms with Crippen LogP contribution in [-0.2, 0) is 13.1 Å². The quantitative estimate of drug-likeness (QED) is 0.782. The second kappa shape index (κ2) is 5.59. The van der Waals surface area contributed by atoms with Crippen LogP contribution >= 0.6 is 0 Å². The van der Waals surface area contributed by atoms with E-state index >= 15 is 0 Å². The van der Waals surface area contributed by atoms with Crippen LogP contribution in [0.1, 0.15) is 27.7 Å². The van der Waals surface area contributed by atoms with E-state index in [-0.39, 0.29) is 5.91 Å². The van der Waals surface area contributed by atoms with Crippen LogP contribution in [0.5, 0.6) is 0 Å². The molecule has 0 fully saturated rings. The summed E-state index contributed by atoms with van der Waals surface area (Å²) in [7, 11) is 0. The molecule has 0 atom stereocenters. The lowest BCUT2D eigenvalue weighted by Gasteiger charge is -2.27. The number of carbonyl (C=O) groups is 1. The monoisotopic (exact) mass is 322 g/mol. The van der Waals surface area contributed by atoms with Gasteiger partial charge in [-0.2, -0.15) is 5.10 Å². The van der Waals surface area contributed by atoms with Gasteiger partial charge in [-0.15, -0.1) is 10.2 Å². The summed E-state index contributed by atoms with van der Waals surface area (Å²) in [5, 5.41) is 15.4. The lowest BCUT2D eigenvalue weighted by Crippen LogP contribution is -2.38. The maximum Gasteiger partial charge on any atom is 0.272 e. The molecular formula is C17H18N6O. The Kier molecular flexibility index (Phi) is 3.41. The predicted molar refractivity (Wildman–Crippen MR) is 88.3 cm³/mol. The fourth-order valence-electron chi connectivity index (χ4n) is 3.08. The average Bonchev–Trinajstić information content (AvgIpc) is 3.22. The number of hydrogen-bond donors (Lipinski definition) is 1. The van der Waals surface area contributed by atoms with Gasteiger partial charge in [0.15, 0.2) is 5.82 Å². The molecule has 3 heterocycles. The third-order valence-electron chi connectivity index (χ3n) is 4.45. The van der Waals surface area contributed by atoms with Crippen molar-refractivity contribution in [2.24, 2.45) is 0 Å². The molecule has 24 heavy (non-hydrogen) atoms. The Balaban J connectivity index is 1.57. The number of benzene rings is 1. The number of fused-ring (bicyclic) bond motifs is 1. The van der Waals surface area contributed by atoms with Gasteiger partial charge in [0.2, 0.25) is 0 Å². The van der Waals surface area contributed by atoms with E-state index in [0.717, 1.165) is 35.0 Å². The van der Waals surface area contributed by atoms with E-state index in [9.17, 15) is 4.79 Å². The van der Waals surface area contributed by atoms with Crippen molar-refractivity contribution in [2.75, 3.05) is 6.54 Å². The van der Waals surface area contributed by atoms with Gasteiger partial charge in [0, 0.05) is 18.7 Å². The molecule has 1 aromatic carbocycles. The maximum atomic E-state index is 12.7. The summed E-state index contributed by atoms with van der Waals surface area (Å²) in [4.78, 5) is 14.5. The molecule has 0 saturated heterocycles. The third-order valence-corrected chi connectivity index (χ3v) is 4.45. The Morgan fingerprint density at radius 1 is 1.17 bits per heavy atom. The van der Waals surface area contributed by atoms with E-state index in [1.807, 2.05) is 44.2 Å². The number of rotatable bonds is 2. The third kappa shape index (κ3) is 2.38. The first-order chi connectivity index (χ1) is 11.6. The first-order valence-electron chi connectivity index (χ1n) is 7.93. The lowest BCUT2D eigenvalue weighted by molar-refractivity contribution is 0.0700. The van der Waals surface area contributed by atoms with Gasteiger partial charge in [-0.05, 0) is 25.5 Å². The number of H-pyrrole nitrogens is 1. The minimum atomic E-state index is -0.0609. The van der Waals surface area contributed by atoms with Gasteiger partial charge < -0.3 is 9.47 Å². The zero-order valence-electron chi connectivity index (χ0n) is 13.7. The minimum absolute atomic E-state index is 0.0609. The summed E-state index contributed by atoms with van der Waals surface area (Å²) in [5.74, 6) is 1.65. The number of nitrogens with zero attached hydrogens (tertiary/aromatic N) is 5. The number of aryl methyl sites for hydroxylation is 2. The van der Waals surface area contributed by atoms with Crippen molar-refractivity contribution in [1.29, 1.82) is 0 Å². The Morgan fingerprint density at radius 3 is 2.83 bits per heavy atom. The van der Waals surface area contributed by atoms with Crippen molar-refractivity contribution >= 4 is 5.91 Å². The molecule has 0 spiro atoms. The summed E-state index contributed by atoms with van der Waals surface area (Å²) in [6.07, 6.45) is 0. The fourth-order valence-corrected chi connectivity index (χ4v) is 3.08. The summed E-state index contributed by atoms with van der Waals surface area (Å²) in [6, 6.07) is 9.81. The highest BCUT2D eigenvalue weighted by molar-refractivity contribution is 5.93. The van der Waals surface area contributed by atoms with Crippen molar-refractivity contribution in [2.45, 2.75) is 26.9 Å². The number of amides is 1. The number of hydrogen-bond acceptors (Lipinski definition) is 4. The summed E-state index contributed by atoms with van der Waals surface area (Å²) in [6.45, 7) is 5.79. The Bertz CT molecular complexity index is 909. The number of aromatic nitrogens is 5. The molecule has 7 heteroatoms. The maximum absolute atomic E-state index is 12.7. The summed E-state index contributed by atoms with van der Waals surface area (Å²) >= 11 is 0. The molecule has 7 nitrogen and oxygen atoms in total. The van der Waals surface area contributed by atoms with Crippen LogP contribution in [0.25, 0.3) is 11.3 Å². The van der Waals surface area contributed by atoms with Gasteiger partial charge in [0.05, 0.1) is 12.2 Å². The van der Waals surface area contributed by atoms with E-state index in [2.05, 4.69) is 25.0 Å². The van der Waals surface area contributed by atoms with Crippen molar-refractivity contribution in [3.8, 4) is 11.3 Å². The molecule has 1 amide bonds. The van der Waals surface area contributed by atoms with E-state index in [0.29, 0.717) is 18.8 Å². The highest BCUT2D eigenvalue weighted by Gasteiger charge is 2.25. The smallest absolute Gasteiger partial charge is 0.272 e. The molecule has 122 valence electrons. The topological polar surface area (TPSA) is 79.7 Å². The lowest BCUT2D eigenvalue weighted by atomic mass is 10.1. The predicted octanol–water partition coefficient (Wildman–Crippen LogP) is 1.94. The molecule has 1 N–H and O–H groups in total. The first kappa shape index (κ1) is 14.6. The average molecular weight is 322 g/mol. The molecule has 1 aliphatic heterocycles. The van der Waals surface area contributed by atoms with Crippen LogP contribution < -0.4 is 0 Å². The van der Waals surface area contributed by atoms with Crippen LogP contribution in [0.15, 0.2) is 30.3 Å². The Labute approximate surface area is 139 Å². The molecule has 0 bridgehead atoms. The number of carbonyl (C=O) groups excluding carboxylic acids is 1. The molecule has 0 unspecified atom stereocenters. The van der Waals surface area contributed by atoms with E-state index in [1.54, 1.807) is 4.90 Å². The van der Waals surface area contributed by atoms with E-state index < -0.39 is 0 Å². The zero-order chi connectivity index (χ0) is 16.7. The summed E-state index contributed by atoms with van der Waals surface area (Å²) < 4.78 is 2.05. The first-order valence-corrected chi connectivity index (χ1v) is 7.93. The molecule has 3 aromatic rings. The Morgan fingerprint density at radius 2 is 2.00 bits per heavy atom. The normalized spacial score (nSPS) is 13.8. The van der Waals surface area contributed by atoms with Crippen molar-refractivity contribution in [3.63, 3.8) is 0 Å². The van der Waals surface area contributed by atoms with Gasteiger partial charge in [-0.1, -0.05) is 24.3 Å². The van der Waals surface area contributed by atoms with Gasteiger partial charge in [0.1, 0.15) is 11.5 Å². The van der Waals surface area contributed by atoms with E-state index in [1.165, 1.54) is 0 Å². The van der Waals surface area contributed by atoms with Crippen LogP contribution in [0.2, 0.25) is 0 Å². The highest BCUT2D eigenvalue weighted by Crippen LogP contribution is 2.22. The molecule has 4 rings (SSSR count). The van der Waals surface area contributed by atoms with Crippen LogP contribution in [0.3, 0.4) is 0 Å². The number of nitrogens with one attached hydrogen (secondary N) is 1. The standard InChI is InChI=1S/C17H18N6O/c1-11-5-3-4-6-13(11)14-9-15(20-19-14)17(24)22-7-8-23-12(2)18-21-16(23)10-22/h3-6,9H,7-8,10H2,1-2H3,(H,19,20). The molecular weight excluding hydrogens is 304 g/mol. The second-order valence-electron chi connectivity index (χ2n) is 6.02. The molecule has 0 aliphatic carbocycles. The summed E-state index contributed by atoms with van der Waals surface area (Å²) in [5.41, 5.74) is 3.44. The largest absolute Gasteiger partial charge is 0.328 e. The highest BCUT2D eigenvalue weighted by atomic mass is 16.2. The van der Waals surface area contributed by atoms with Crippen LogP contribution in [0.4, 0.5) is 0 Å².